The van der Waals surface area contributed by atoms with E-state index in [1.54, 1.807) is 0 Å². The average molecular weight is 212 g/mol. The maximum absolute atomic E-state index is 11.5. The van der Waals surface area contributed by atoms with Gasteiger partial charge in [-0.15, -0.1) is 0 Å². The fourth-order valence-corrected chi connectivity index (χ4v) is 2.73. The zero-order chi connectivity index (χ0) is 11.1. The first-order valence-electron chi connectivity index (χ1n) is 5.71. The Morgan fingerprint density at radius 2 is 2.33 bits per heavy atom. The summed E-state index contributed by atoms with van der Waals surface area (Å²) in [7, 11) is 0. The zero-order valence-electron chi connectivity index (χ0n) is 9.49. The van der Waals surface area contributed by atoms with Gasteiger partial charge >= 0.3 is 0 Å². The van der Waals surface area contributed by atoms with Gasteiger partial charge in [0.2, 0.25) is 5.91 Å². The molecule has 2 rings (SSSR count). The van der Waals surface area contributed by atoms with Crippen molar-refractivity contribution in [1.29, 1.82) is 0 Å². The average Bonchev–Trinajstić information content (AvgIpc) is 2.47. The van der Waals surface area contributed by atoms with Crippen molar-refractivity contribution >= 4 is 5.91 Å². The summed E-state index contributed by atoms with van der Waals surface area (Å²) in [6.45, 7) is 6.05. The highest BCUT2D eigenvalue weighted by Crippen LogP contribution is 2.28. The van der Waals surface area contributed by atoms with Crippen molar-refractivity contribution < 1.29 is 9.90 Å². The third-order valence-corrected chi connectivity index (χ3v) is 3.31. The molecule has 2 atom stereocenters. The number of nitrogens with zero attached hydrogens (tertiary/aromatic N) is 1. The third-order valence-electron chi connectivity index (χ3n) is 3.31. The van der Waals surface area contributed by atoms with Crippen molar-refractivity contribution in [3.05, 3.63) is 0 Å². The number of aliphatic hydroxyl groups is 1. The maximum Gasteiger partial charge on any atom is 0.224 e. The molecule has 0 aromatic heterocycles. The second-order valence-electron chi connectivity index (χ2n) is 5.34. The summed E-state index contributed by atoms with van der Waals surface area (Å²) in [6.07, 6.45) is 2.06. The van der Waals surface area contributed by atoms with Crippen LogP contribution in [-0.2, 0) is 4.79 Å². The van der Waals surface area contributed by atoms with Crippen LogP contribution in [0.25, 0.3) is 0 Å². The van der Waals surface area contributed by atoms with E-state index in [1.807, 2.05) is 13.8 Å². The van der Waals surface area contributed by atoms with Crippen molar-refractivity contribution in [1.82, 2.24) is 10.2 Å². The lowest BCUT2D eigenvalue weighted by Gasteiger charge is -2.38. The first-order valence-corrected chi connectivity index (χ1v) is 5.71. The van der Waals surface area contributed by atoms with Gasteiger partial charge in [-0.2, -0.15) is 0 Å². The SMILES string of the molecule is CC(C)(O)CN1CCCC2C(=O)NCC21. The smallest absolute Gasteiger partial charge is 0.224 e. The molecule has 0 aromatic rings. The Morgan fingerprint density at radius 3 is 3.00 bits per heavy atom. The Labute approximate surface area is 90.6 Å². The summed E-state index contributed by atoms with van der Waals surface area (Å²) < 4.78 is 0. The molecule has 2 heterocycles. The number of hydrogen-bond acceptors (Lipinski definition) is 3. The molecule has 0 aliphatic carbocycles. The largest absolute Gasteiger partial charge is 0.389 e. The van der Waals surface area contributed by atoms with Crippen LogP contribution in [0.1, 0.15) is 26.7 Å². The Morgan fingerprint density at radius 1 is 1.60 bits per heavy atom. The predicted octanol–water partition coefficient (Wildman–Crippen LogP) is -0.0323. The first-order chi connectivity index (χ1) is 6.97. The molecule has 86 valence electrons. The Bertz CT molecular complexity index is 260. The van der Waals surface area contributed by atoms with Gasteiger partial charge in [0.05, 0.1) is 11.5 Å². The molecule has 2 aliphatic heterocycles. The molecule has 2 aliphatic rings. The summed E-state index contributed by atoms with van der Waals surface area (Å²) in [4.78, 5) is 13.8. The van der Waals surface area contributed by atoms with Gasteiger partial charge < -0.3 is 10.4 Å². The monoisotopic (exact) mass is 212 g/mol. The minimum atomic E-state index is -0.673. The van der Waals surface area contributed by atoms with E-state index in [0.717, 1.165) is 25.9 Å². The Hall–Kier alpha value is -0.610. The second-order valence-corrected chi connectivity index (χ2v) is 5.34. The highest BCUT2D eigenvalue weighted by molar-refractivity contribution is 5.82. The maximum atomic E-state index is 11.5. The normalized spacial score (nSPS) is 32.6. The highest BCUT2D eigenvalue weighted by Gasteiger charge is 2.41. The highest BCUT2D eigenvalue weighted by atomic mass is 16.3. The van der Waals surface area contributed by atoms with Gasteiger partial charge in [-0.1, -0.05) is 0 Å². The number of piperidine rings is 1. The molecule has 4 nitrogen and oxygen atoms in total. The van der Waals surface area contributed by atoms with E-state index in [4.69, 9.17) is 0 Å². The lowest BCUT2D eigenvalue weighted by molar-refractivity contribution is -0.124. The van der Waals surface area contributed by atoms with E-state index in [9.17, 15) is 9.90 Å². The third kappa shape index (κ3) is 2.32. The van der Waals surface area contributed by atoms with Crippen LogP contribution in [0.15, 0.2) is 0 Å². The molecule has 1 amide bonds. The molecule has 2 saturated heterocycles. The number of carbonyl (C=O) groups excluding carboxylic acids is 1. The molecule has 2 unspecified atom stereocenters. The second kappa shape index (κ2) is 3.76. The van der Waals surface area contributed by atoms with Crippen molar-refractivity contribution in [2.75, 3.05) is 19.6 Å². The molecule has 0 bridgehead atoms. The molecule has 4 heteroatoms. The van der Waals surface area contributed by atoms with E-state index in [-0.39, 0.29) is 11.8 Å². The lowest BCUT2D eigenvalue weighted by Crippen LogP contribution is -2.50. The zero-order valence-corrected chi connectivity index (χ0v) is 9.49. The van der Waals surface area contributed by atoms with Gasteiger partial charge in [0, 0.05) is 19.1 Å². The van der Waals surface area contributed by atoms with Crippen molar-refractivity contribution in [3.8, 4) is 0 Å². The number of nitrogens with one attached hydrogen (secondary N) is 1. The standard InChI is InChI=1S/C11H20N2O2/c1-11(2,15)7-13-5-3-4-8-9(13)6-12-10(8)14/h8-9,15H,3-7H2,1-2H3,(H,12,14). The number of carbonyl (C=O) groups is 1. The van der Waals surface area contributed by atoms with Crippen LogP contribution in [0, 0.1) is 5.92 Å². The van der Waals surface area contributed by atoms with E-state index < -0.39 is 5.60 Å². The molecule has 0 radical (unpaired) electrons. The molecular formula is C11H20N2O2. The number of amides is 1. The Balaban J connectivity index is 2.03. The van der Waals surface area contributed by atoms with Crippen LogP contribution in [0.4, 0.5) is 0 Å². The van der Waals surface area contributed by atoms with E-state index in [1.165, 1.54) is 0 Å². The van der Waals surface area contributed by atoms with Crippen LogP contribution in [0.2, 0.25) is 0 Å². The van der Waals surface area contributed by atoms with Gasteiger partial charge in [-0.25, -0.2) is 0 Å². The summed E-state index contributed by atoms with van der Waals surface area (Å²) in [5.41, 5.74) is -0.673. The molecule has 0 spiro atoms. The number of hydrogen-bond donors (Lipinski definition) is 2. The number of fused-ring (bicyclic) bond motifs is 1. The van der Waals surface area contributed by atoms with Crippen molar-refractivity contribution in [3.63, 3.8) is 0 Å². The Kier molecular flexibility index (Phi) is 2.73. The van der Waals surface area contributed by atoms with Gasteiger partial charge in [-0.3, -0.25) is 9.69 Å². The molecule has 2 N–H and O–H groups in total. The fraction of sp³-hybridized carbons (Fsp3) is 0.909. The summed E-state index contributed by atoms with van der Waals surface area (Å²) in [5.74, 6) is 0.349. The molecule has 0 saturated carbocycles. The van der Waals surface area contributed by atoms with E-state index in [0.29, 0.717) is 12.6 Å². The minimum Gasteiger partial charge on any atom is -0.389 e. The lowest BCUT2D eigenvalue weighted by atomic mass is 9.90. The van der Waals surface area contributed by atoms with Crippen LogP contribution in [0.3, 0.4) is 0 Å². The molecular weight excluding hydrogens is 192 g/mol. The predicted molar refractivity (Wildman–Crippen MR) is 57.4 cm³/mol. The van der Waals surface area contributed by atoms with Gasteiger partial charge in [0.15, 0.2) is 0 Å². The molecule has 0 aromatic carbocycles. The first kappa shape index (κ1) is 10.9. The molecule has 15 heavy (non-hydrogen) atoms. The van der Waals surface area contributed by atoms with Crippen LogP contribution >= 0.6 is 0 Å². The van der Waals surface area contributed by atoms with E-state index >= 15 is 0 Å². The quantitative estimate of drug-likeness (QED) is 0.676. The van der Waals surface area contributed by atoms with Crippen molar-refractivity contribution in [2.24, 2.45) is 5.92 Å². The molecule has 2 fully saturated rings. The van der Waals surface area contributed by atoms with E-state index in [2.05, 4.69) is 10.2 Å². The topological polar surface area (TPSA) is 52.6 Å². The summed E-state index contributed by atoms with van der Waals surface area (Å²) in [6, 6.07) is 0.303. The van der Waals surface area contributed by atoms with Gasteiger partial charge in [0.25, 0.3) is 0 Å². The van der Waals surface area contributed by atoms with Crippen LogP contribution in [-0.4, -0.2) is 47.2 Å². The van der Waals surface area contributed by atoms with Gasteiger partial charge in [0.1, 0.15) is 0 Å². The summed E-state index contributed by atoms with van der Waals surface area (Å²) in [5, 5.41) is 12.7. The number of likely N-dealkylation sites (tertiary alicyclic amines) is 1. The fourth-order valence-electron chi connectivity index (χ4n) is 2.73. The number of rotatable bonds is 2. The number of β-amino-alcohol motifs (C(OH)–C–C–N with tert-alkyl or cyclic N) is 1. The van der Waals surface area contributed by atoms with Crippen LogP contribution in [0.5, 0.6) is 0 Å². The van der Waals surface area contributed by atoms with Crippen LogP contribution < -0.4 is 5.32 Å². The summed E-state index contributed by atoms with van der Waals surface area (Å²) >= 11 is 0. The minimum absolute atomic E-state index is 0.154. The van der Waals surface area contributed by atoms with Crippen molar-refractivity contribution in [2.45, 2.75) is 38.3 Å². The van der Waals surface area contributed by atoms with Gasteiger partial charge in [-0.05, 0) is 33.2 Å².